The summed E-state index contributed by atoms with van der Waals surface area (Å²) in [6.07, 6.45) is 2.90. The predicted octanol–water partition coefficient (Wildman–Crippen LogP) is 3.17. The summed E-state index contributed by atoms with van der Waals surface area (Å²) in [7, 11) is 5.24. The van der Waals surface area contributed by atoms with Gasteiger partial charge in [0.05, 0.1) is 11.7 Å². The minimum Gasteiger partial charge on any atom is -0.457 e. The van der Waals surface area contributed by atoms with Gasteiger partial charge >= 0.3 is 23.8 Å². The second-order valence-corrected chi connectivity index (χ2v) is 15.3. The first-order valence-electron chi connectivity index (χ1n) is 18.3. The Morgan fingerprint density at radius 1 is 1.11 bits per heavy atom. The minimum atomic E-state index is -1.50. The Kier molecular flexibility index (Phi) is 10.9. The third-order valence-electron chi connectivity index (χ3n) is 12.0. The number of benzene rings is 1. The van der Waals surface area contributed by atoms with Gasteiger partial charge in [-0.2, -0.15) is 0 Å². The number of fused-ring (bicyclic) bond motifs is 6. The molecule has 4 N–H and O–H groups in total. The van der Waals surface area contributed by atoms with Crippen LogP contribution in [0.1, 0.15) is 50.2 Å². The molecule has 0 spiro atoms. The van der Waals surface area contributed by atoms with E-state index in [4.69, 9.17) is 18.9 Å². The maximum Gasteiger partial charge on any atom is 0.397 e. The zero-order chi connectivity index (χ0) is 38.4. The van der Waals surface area contributed by atoms with Crippen molar-refractivity contribution >= 4 is 29.5 Å². The molecule has 2 aromatic rings. The average molecular weight is 734 g/mol. The van der Waals surface area contributed by atoms with Crippen LogP contribution in [0, 0.1) is 41.4 Å². The van der Waals surface area contributed by atoms with E-state index in [1.807, 2.05) is 75.3 Å². The van der Waals surface area contributed by atoms with Crippen LogP contribution in [-0.2, 0) is 39.9 Å². The highest BCUT2D eigenvalue weighted by molar-refractivity contribution is 6.32. The summed E-state index contributed by atoms with van der Waals surface area (Å²) in [5, 5.41) is 27.1. The molecule has 13 heteroatoms. The Bertz CT molecular complexity index is 1740. The summed E-state index contributed by atoms with van der Waals surface area (Å²) in [5.74, 6) is -6.04. The van der Waals surface area contributed by atoms with E-state index in [9.17, 15) is 29.4 Å². The summed E-state index contributed by atoms with van der Waals surface area (Å²) < 4.78 is 23.1. The van der Waals surface area contributed by atoms with E-state index in [-0.39, 0.29) is 36.6 Å². The van der Waals surface area contributed by atoms with Gasteiger partial charge < -0.3 is 44.4 Å². The molecule has 0 saturated heterocycles. The number of rotatable bonds is 8. The van der Waals surface area contributed by atoms with E-state index in [2.05, 4.69) is 10.3 Å². The number of methoxy groups -OCH3 is 1. The van der Waals surface area contributed by atoms with Crippen molar-refractivity contribution in [3.63, 3.8) is 0 Å². The zero-order valence-electron chi connectivity index (χ0n) is 31.2. The number of aliphatic hydroxyl groups excluding tert-OH is 1. The number of ether oxygens (including phenoxy) is 4. The molecule has 2 saturated carbocycles. The number of cyclic esters (lactones) is 1. The molecule has 13 nitrogen and oxygen atoms in total. The van der Waals surface area contributed by atoms with Gasteiger partial charge in [-0.15, -0.1) is 0 Å². The standard InChI is InChI=1S/C40H51N3O10/c1-20-17-21(2)40(49)25(12-15-27-30-31(32(27)40)33(44)22(3)35(30)53-37(46)28-9-8-16-41-28)18-29(50-7)38(47)52-34(20)23(4)51-39(48)36(45)42-19-24-10-13-26(14-11-24)43(5)6/h8-17,20,22-23,25,27,29-35,41,44,49H,18-19H2,1-7H3,(H,42,45)/b21-17+/t20-,22-,23-,25-,27?,29+,30+,31?,32?,33-,34?,35-,40+/m1/s1. The Morgan fingerprint density at radius 3 is 2.47 bits per heavy atom. The molecule has 1 aromatic heterocycles. The molecule has 2 fully saturated rings. The average Bonchev–Trinajstić information content (AvgIpc) is 3.73. The second-order valence-electron chi connectivity index (χ2n) is 15.3. The van der Waals surface area contributed by atoms with Crippen LogP contribution in [0.2, 0.25) is 0 Å². The van der Waals surface area contributed by atoms with Gasteiger partial charge in [0.1, 0.15) is 24.0 Å². The number of aliphatic hydroxyl groups is 2. The molecule has 0 bridgehead atoms. The van der Waals surface area contributed by atoms with Crippen LogP contribution in [0.3, 0.4) is 0 Å². The lowest BCUT2D eigenvalue weighted by molar-refractivity contribution is -0.189. The number of hydrogen-bond acceptors (Lipinski definition) is 11. The van der Waals surface area contributed by atoms with E-state index in [0.717, 1.165) is 11.3 Å². The molecule has 286 valence electrons. The van der Waals surface area contributed by atoms with Crippen molar-refractivity contribution in [3.8, 4) is 0 Å². The van der Waals surface area contributed by atoms with E-state index in [1.165, 1.54) is 7.11 Å². The Labute approximate surface area is 309 Å². The van der Waals surface area contributed by atoms with Crippen LogP contribution >= 0.6 is 0 Å². The molecule has 1 aromatic carbocycles. The van der Waals surface area contributed by atoms with Crippen LogP contribution in [-0.4, -0.2) is 96.3 Å². The van der Waals surface area contributed by atoms with Crippen molar-refractivity contribution in [2.75, 3.05) is 26.1 Å². The van der Waals surface area contributed by atoms with Crippen molar-refractivity contribution < 1.29 is 48.3 Å². The molecule has 6 rings (SSSR count). The van der Waals surface area contributed by atoms with E-state index >= 15 is 0 Å². The van der Waals surface area contributed by atoms with Crippen molar-refractivity contribution in [1.82, 2.24) is 10.3 Å². The number of aromatic amines is 1. The van der Waals surface area contributed by atoms with Crippen LogP contribution in [0.5, 0.6) is 0 Å². The van der Waals surface area contributed by atoms with Gasteiger partial charge in [-0.05, 0) is 67.5 Å². The molecular weight excluding hydrogens is 682 g/mol. The van der Waals surface area contributed by atoms with Gasteiger partial charge in [0.2, 0.25) is 0 Å². The molecule has 0 radical (unpaired) electrons. The normalized spacial score (nSPS) is 36.2. The van der Waals surface area contributed by atoms with Gasteiger partial charge in [0.25, 0.3) is 0 Å². The third-order valence-corrected chi connectivity index (χ3v) is 12.0. The fraction of sp³-hybridized carbons (Fsp3) is 0.550. The van der Waals surface area contributed by atoms with Crippen molar-refractivity contribution in [3.05, 3.63) is 77.7 Å². The molecule has 1 amide bonds. The number of anilines is 1. The number of H-pyrrole nitrogens is 1. The summed E-state index contributed by atoms with van der Waals surface area (Å²) in [4.78, 5) is 57.1. The van der Waals surface area contributed by atoms with Crippen LogP contribution in [0.25, 0.3) is 0 Å². The number of carbonyl (C=O) groups is 4. The Morgan fingerprint density at radius 2 is 1.83 bits per heavy atom. The quantitative estimate of drug-likeness (QED) is 0.136. The molecule has 4 aliphatic rings. The monoisotopic (exact) mass is 733 g/mol. The largest absolute Gasteiger partial charge is 0.457 e. The zero-order valence-corrected chi connectivity index (χ0v) is 31.2. The molecule has 53 heavy (non-hydrogen) atoms. The summed E-state index contributed by atoms with van der Waals surface area (Å²) in [5.41, 5.74) is 1.22. The van der Waals surface area contributed by atoms with Gasteiger partial charge in [0.15, 0.2) is 6.10 Å². The molecule has 1 aliphatic heterocycles. The number of nitrogens with zero attached hydrogens (tertiary/aromatic N) is 1. The number of hydrogen-bond donors (Lipinski definition) is 4. The lowest BCUT2D eigenvalue weighted by Crippen LogP contribution is -2.65. The van der Waals surface area contributed by atoms with Gasteiger partial charge in [-0.25, -0.2) is 14.4 Å². The van der Waals surface area contributed by atoms with Crippen molar-refractivity contribution in [2.45, 2.75) is 76.8 Å². The maximum absolute atomic E-state index is 13.6. The SMILES string of the molecule is CO[C@H]1C[C@H]2C=CC3C(C4[C@H]3[C@H](OC(=O)c3ccc[nH]3)[C@H](C)[C@H]4O)[C@]2(O)/C(C)=C/[C@@H](C)C([C@@H](C)OC(=O)C(=O)NCc2ccc(N(C)C)cc2)OC1=O. The van der Waals surface area contributed by atoms with Gasteiger partial charge in [-0.1, -0.05) is 44.2 Å². The Balaban J connectivity index is 1.21. The van der Waals surface area contributed by atoms with Crippen molar-refractivity contribution in [2.24, 2.45) is 41.4 Å². The first-order chi connectivity index (χ1) is 25.2. The van der Waals surface area contributed by atoms with Crippen LogP contribution in [0.15, 0.2) is 66.4 Å². The summed E-state index contributed by atoms with van der Waals surface area (Å²) in [6.45, 7) is 7.13. The fourth-order valence-electron chi connectivity index (χ4n) is 9.19. The first-order valence-corrected chi connectivity index (χ1v) is 18.3. The highest BCUT2D eigenvalue weighted by atomic mass is 16.6. The number of esters is 3. The van der Waals surface area contributed by atoms with Gasteiger partial charge in [-0.3, -0.25) is 4.79 Å². The third kappa shape index (κ3) is 7.02. The number of amides is 1. The topological polar surface area (TPSA) is 177 Å². The molecule has 3 aliphatic carbocycles. The van der Waals surface area contributed by atoms with Crippen LogP contribution < -0.4 is 10.2 Å². The highest BCUT2D eigenvalue weighted by Crippen LogP contribution is 2.66. The minimum absolute atomic E-state index is 0.0816. The number of nitrogens with one attached hydrogen (secondary N) is 2. The predicted molar refractivity (Wildman–Crippen MR) is 193 cm³/mol. The number of carbonyl (C=O) groups excluding carboxylic acids is 4. The first kappa shape index (κ1) is 38.3. The molecule has 2 heterocycles. The van der Waals surface area contributed by atoms with E-state index in [1.54, 1.807) is 32.2 Å². The van der Waals surface area contributed by atoms with Gasteiger partial charge in [0, 0.05) is 69.2 Å². The van der Waals surface area contributed by atoms with E-state index < -0.39 is 77.7 Å². The van der Waals surface area contributed by atoms with Crippen molar-refractivity contribution in [1.29, 1.82) is 0 Å². The van der Waals surface area contributed by atoms with E-state index in [0.29, 0.717) is 11.3 Å². The fourth-order valence-corrected chi connectivity index (χ4v) is 9.19. The molecule has 13 atom stereocenters. The number of aromatic nitrogens is 1. The smallest absolute Gasteiger partial charge is 0.397 e. The lowest BCUT2D eigenvalue weighted by atomic mass is 9.46. The summed E-state index contributed by atoms with van der Waals surface area (Å²) >= 11 is 0. The molecular formula is C40H51N3O10. The lowest BCUT2D eigenvalue weighted by Gasteiger charge is -2.61. The second kappa shape index (κ2) is 15.1. The number of allylic oxidation sites excluding steroid dienone is 1. The highest BCUT2D eigenvalue weighted by Gasteiger charge is 2.71. The maximum atomic E-state index is 13.6. The van der Waals surface area contributed by atoms with Crippen LogP contribution in [0.4, 0.5) is 5.69 Å². The molecule has 4 unspecified atom stereocenters. The summed E-state index contributed by atoms with van der Waals surface area (Å²) in [6, 6.07) is 10.9. The Hall–Kier alpha value is -4.46.